The van der Waals surface area contributed by atoms with Crippen LogP contribution in [0.5, 0.6) is 0 Å². The zero-order valence-corrected chi connectivity index (χ0v) is 15.5. The molecule has 0 bridgehead atoms. The number of benzene rings is 2. The number of carbonyl (C=O) groups excluding carboxylic acids is 1. The number of hydrogen-bond donors (Lipinski definition) is 0. The second-order valence-corrected chi connectivity index (χ2v) is 7.14. The fraction of sp³-hybridized carbons (Fsp3) is 0.318. The topological polar surface area (TPSA) is 28.5 Å². The number of aromatic nitrogens is 1. The van der Waals surface area contributed by atoms with Crippen LogP contribution in [-0.2, 0) is 11.3 Å². The predicted molar refractivity (Wildman–Crippen MR) is 107 cm³/mol. The fourth-order valence-corrected chi connectivity index (χ4v) is 3.83. The first-order chi connectivity index (χ1) is 12.6. The number of amides is 1. The summed E-state index contributed by atoms with van der Waals surface area (Å²) in [7, 11) is 0. The first kappa shape index (κ1) is 16.7. The first-order valence-electron chi connectivity index (χ1n) is 9.26. The molecule has 0 atom stereocenters. The molecule has 0 saturated carbocycles. The van der Waals surface area contributed by atoms with Crippen LogP contribution in [0.4, 0.5) is 5.69 Å². The van der Waals surface area contributed by atoms with E-state index in [2.05, 4.69) is 65.8 Å². The Kier molecular flexibility index (Phi) is 4.41. The van der Waals surface area contributed by atoms with Crippen molar-refractivity contribution in [2.45, 2.75) is 20.4 Å². The molecule has 0 unspecified atom stereocenters. The summed E-state index contributed by atoms with van der Waals surface area (Å²) in [6.45, 7) is 7.96. The van der Waals surface area contributed by atoms with Crippen LogP contribution < -0.4 is 4.90 Å². The van der Waals surface area contributed by atoms with Gasteiger partial charge in [0, 0.05) is 43.1 Å². The second-order valence-electron chi connectivity index (χ2n) is 7.14. The molecule has 0 spiro atoms. The third-order valence-corrected chi connectivity index (χ3v) is 5.31. The van der Waals surface area contributed by atoms with Gasteiger partial charge in [-0.05, 0) is 49.1 Å². The van der Waals surface area contributed by atoms with Gasteiger partial charge < -0.3 is 14.4 Å². The standard InChI is InChI=1S/C22H25N3O/c1-17-6-5-8-20(14-17)23-10-12-24(13-11-23)22(26)16-25-18(2)15-19-7-3-4-9-21(19)25/h3-9,14-15H,10-13,16H2,1-2H3. The van der Waals surface area contributed by atoms with Crippen molar-refractivity contribution in [3.63, 3.8) is 0 Å². The van der Waals surface area contributed by atoms with Gasteiger partial charge in [-0.25, -0.2) is 0 Å². The van der Waals surface area contributed by atoms with Crippen molar-refractivity contribution in [2.24, 2.45) is 0 Å². The third kappa shape index (κ3) is 3.19. The highest BCUT2D eigenvalue weighted by Crippen LogP contribution is 2.21. The summed E-state index contributed by atoms with van der Waals surface area (Å²) >= 11 is 0. The summed E-state index contributed by atoms with van der Waals surface area (Å²) in [5, 5.41) is 1.20. The smallest absolute Gasteiger partial charge is 0.242 e. The lowest BCUT2D eigenvalue weighted by Gasteiger charge is -2.36. The molecule has 1 saturated heterocycles. The van der Waals surface area contributed by atoms with E-state index in [1.807, 2.05) is 17.0 Å². The fourth-order valence-electron chi connectivity index (χ4n) is 3.83. The number of carbonyl (C=O) groups is 1. The molecular formula is C22H25N3O. The van der Waals surface area contributed by atoms with Gasteiger partial charge in [-0.3, -0.25) is 4.79 Å². The van der Waals surface area contributed by atoms with Crippen LogP contribution in [-0.4, -0.2) is 41.6 Å². The number of piperazine rings is 1. The molecular weight excluding hydrogens is 322 g/mol. The SMILES string of the molecule is Cc1cccc(N2CCN(C(=O)Cn3c(C)cc4ccccc43)CC2)c1. The zero-order chi connectivity index (χ0) is 18.1. The van der Waals surface area contributed by atoms with Crippen LogP contribution in [0.1, 0.15) is 11.3 Å². The Hall–Kier alpha value is -2.75. The number of fused-ring (bicyclic) bond motifs is 1. The van der Waals surface area contributed by atoms with E-state index in [0.717, 1.165) is 37.4 Å². The molecule has 0 aliphatic carbocycles. The van der Waals surface area contributed by atoms with Crippen LogP contribution >= 0.6 is 0 Å². The Balaban J connectivity index is 1.43. The Bertz CT molecular complexity index is 935. The summed E-state index contributed by atoms with van der Waals surface area (Å²) in [6, 6.07) is 19.0. The van der Waals surface area contributed by atoms with Crippen molar-refractivity contribution in [3.05, 3.63) is 65.9 Å². The highest BCUT2D eigenvalue weighted by molar-refractivity contribution is 5.84. The molecule has 0 radical (unpaired) electrons. The lowest BCUT2D eigenvalue weighted by atomic mass is 10.2. The van der Waals surface area contributed by atoms with Gasteiger partial charge in [0.25, 0.3) is 0 Å². The molecule has 1 aromatic heterocycles. The minimum absolute atomic E-state index is 0.207. The molecule has 0 N–H and O–H groups in total. The molecule has 2 heterocycles. The summed E-state index contributed by atoms with van der Waals surface area (Å²) in [6.07, 6.45) is 0. The van der Waals surface area contributed by atoms with Crippen molar-refractivity contribution in [1.29, 1.82) is 0 Å². The molecule has 1 aliphatic heterocycles. The van der Waals surface area contributed by atoms with Gasteiger partial charge in [0.1, 0.15) is 6.54 Å². The van der Waals surface area contributed by atoms with E-state index in [0.29, 0.717) is 6.54 Å². The summed E-state index contributed by atoms with van der Waals surface area (Å²) in [5.41, 5.74) is 4.80. The monoisotopic (exact) mass is 347 g/mol. The van der Waals surface area contributed by atoms with Gasteiger partial charge in [-0.2, -0.15) is 0 Å². The van der Waals surface area contributed by atoms with Gasteiger partial charge in [0.05, 0.1) is 0 Å². The number of hydrogen-bond acceptors (Lipinski definition) is 2. The predicted octanol–water partition coefficient (Wildman–Crippen LogP) is 3.61. The maximum Gasteiger partial charge on any atom is 0.242 e. The Morgan fingerprint density at radius 2 is 1.69 bits per heavy atom. The van der Waals surface area contributed by atoms with E-state index in [-0.39, 0.29) is 5.91 Å². The van der Waals surface area contributed by atoms with E-state index in [1.54, 1.807) is 0 Å². The lowest BCUT2D eigenvalue weighted by molar-refractivity contribution is -0.132. The van der Waals surface area contributed by atoms with Crippen LogP contribution in [0.15, 0.2) is 54.6 Å². The van der Waals surface area contributed by atoms with Gasteiger partial charge in [0.2, 0.25) is 5.91 Å². The minimum Gasteiger partial charge on any atom is -0.368 e. The molecule has 1 aliphatic rings. The highest BCUT2D eigenvalue weighted by atomic mass is 16.2. The second kappa shape index (κ2) is 6.87. The first-order valence-corrected chi connectivity index (χ1v) is 9.26. The molecule has 134 valence electrons. The number of rotatable bonds is 3. The number of para-hydroxylation sites is 1. The summed E-state index contributed by atoms with van der Waals surface area (Å²) < 4.78 is 2.13. The largest absolute Gasteiger partial charge is 0.368 e. The van der Waals surface area contributed by atoms with Crippen LogP contribution in [0.3, 0.4) is 0 Å². The van der Waals surface area contributed by atoms with E-state index in [4.69, 9.17) is 0 Å². The normalized spacial score (nSPS) is 14.8. The molecule has 3 aromatic rings. The van der Waals surface area contributed by atoms with Crippen molar-refractivity contribution in [2.75, 3.05) is 31.1 Å². The lowest BCUT2D eigenvalue weighted by Crippen LogP contribution is -2.49. The third-order valence-electron chi connectivity index (χ3n) is 5.31. The zero-order valence-electron chi connectivity index (χ0n) is 15.5. The number of anilines is 1. The van der Waals surface area contributed by atoms with Gasteiger partial charge in [-0.1, -0.05) is 30.3 Å². The van der Waals surface area contributed by atoms with Crippen molar-refractivity contribution < 1.29 is 4.79 Å². The average molecular weight is 347 g/mol. The van der Waals surface area contributed by atoms with E-state index >= 15 is 0 Å². The van der Waals surface area contributed by atoms with Gasteiger partial charge >= 0.3 is 0 Å². The Labute approximate surface area is 154 Å². The Morgan fingerprint density at radius 1 is 0.923 bits per heavy atom. The summed E-state index contributed by atoms with van der Waals surface area (Å²) in [4.78, 5) is 17.2. The van der Waals surface area contributed by atoms with Crippen LogP contribution in [0.25, 0.3) is 10.9 Å². The highest BCUT2D eigenvalue weighted by Gasteiger charge is 2.22. The van der Waals surface area contributed by atoms with Crippen molar-refractivity contribution >= 4 is 22.5 Å². The quantitative estimate of drug-likeness (QED) is 0.724. The molecule has 1 fully saturated rings. The van der Waals surface area contributed by atoms with Crippen molar-refractivity contribution in [1.82, 2.24) is 9.47 Å². The van der Waals surface area contributed by atoms with E-state index < -0.39 is 0 Å². The van der Waals surface area contributed by atoms with E-state index in [9.17, 15) is 4.79 Å². The molecule has 4 rings (SSSR count). The van der Waals surface area contributed by atoms with Gasteiger partial charge in [-0.15, -0.1) is 0 Å². The maximum atomic E-state index is 12.8. The summed E-state index contributed by atoms with van der Waals surface area (Å²) in [5.74, 6) is 0.207. The molecule has 26 heavy (non-hydrogen) atoms. The van der Waals surface area contributed by atoms with Crippen LogP contribution in [0.2, 0.25) is 0 Å². The minimum atomic E-state index is 0.207. The van der Waals surface area contributed by atoms with Crippen LogP contribution in [0, 0.1) is 13.8 Å². The molecule has 4 nitrogen and oxygen atoms in total. The Morgan fingerprint density at radius 3 is 2.46 bits per heavy atom. The van der Waals surface area contributed by atoms with Crippen molar-refractivity contribution in [3.8, 4) is 0 Å². The molecule has 4 heteroatoms. The number of nitrogens with zero attached hydrogens (tertiary/aromatic N) is 3. The van der Waals surface area contributed by atoms with Gasteiger partial charge in [0.15, 0.2) is 0 Å². The average Bonchev–Trinajstić information content (AvgIpc) is 2.97. The molecule has 2 aromatic carbocycles. The van der Waals surface area contributed by atoms with E-state index in [1.165, 1.54) is 16.6 Å². The maximum absolute atomic E-state index is 12.8. The number of aryl methyl sites for hydroxylation is 2. The molecule has 1 amide bonds.